The monoisotopic (exact) mass is 555 g/mol. The van der Waals surface area contributed by atoms with Gasteiger partial charge in [0, 0.05) is 30.2 Å². The van der Waals surface area contributed by atoms with E-state index < -0.39 is 9.84 Å². The van der Waals surface area contributed by atoms with Crippen LogP contribution in [0.5, 0.6) is 5.75 Å². The minimum Gasteiger partial charge on any atom is -0.494 e. The Bertz CT molecular complexity index is 1290. The fourth-order valence-electron chi connectivity index (χ4n) is 4.77. The smallest absolute Gasteiger partial charge is 0.197 e. The van der Waals surface area contributed by atoms with Crippen LogP contribution in [0.4, 0.5) is 0 Å². The predicted molar refractivity (Wildman–Crippen MR) is 160 cm³/mol. The van der Waals surface area contributed by atoms with Gasteiger partial charge in [-0.3, -0.25) is 4.79 Å². The Balaban J connectivity index is 1.71. The number of fused-ring (bicyclic) bond motifs is 1. The van der Waals surface area contributed by atoms with Gasteiger partial charge in [-0.2, -0.15) is 0 Å². The number of nitrogens with zero attached hydrogens (tertiary/aromatic N) is 1. The number of furan rings is 1. The van der Waals surface area contributed by atoms with Gasteiger partial charge in [0.15, 0.2) is 15.6 Å². The van der Waals surface area contributed by atoms with Gasteiger partial charge in [-0.25, -0.2) is 8.42 Å². The summed E-state index contributed by atoms with van der Waals surface area (Å²) in [5.41, 5.74) is 2.34. The lowest BCUT2D eigenvalue weighted by Crippen LogP contribution is -2.28. The van der Waals surface area contributed by atoms with Crippen LogP contribution in [-0.2, 0) is 22.0 Å². The molecule has 0 N–H and O–H groups in total. The van der Waals surface area contributed by atoms with Crippen molar-refractivity contribution in [3.8, 4) is 5.75 Å². The highest BCUT2D eigenvalue weighted by atomic mass is 32.2. The van der Waals surface area contributed by atoms with Crippen LogP contribution in [0.3, 0.4) is 0 Å². The molecule has 0 saturated heterocycles. The molecular formula is C32H45NO5S. The van der Waals surface area contributed by atoms with Crippen LogP contribution in [0, 0.1) is 0 Å². The summed E-state index contributed by atoms with van der Waals surface area (Å²) in [6.45, 7) is 10.5. The van der Waals surface area contributed by atoms with E-state index in [4.69, 9.17) is 9.15 Å². The first-order valence-corrected chi connectivity index (χ1v) is 16.5. The fraction of sp³-hybridized carbons (Fsp3) is 0.531. The van der Waals surface area contributed by atoms with Gasteiger partial charge in [0.2, 0.25) is 0 Å². The zero-order valence-electron chi connectivity index (χ0n) is 24.1. The van der Waals surface area contributed by atoms with Crippen molar-refractivity contribution in [3.63, 3.8) is 0 Å². The number of carbonyl (C=O) groups is 1. The number of ketones is 1. The molecular weight excluding hydrogens is 510 g/mol. The third-order valence-electron chi connectivity index (χ3n) is 6.90. The van der Waals surface area contributed by atoms with Crippen molar-refractivity contribution >= 4 is 26.6 Å². The van der Waals surface area contributed by atoms with Crippen molar-refractivity contribution < 1.29 is 22.4 Å². The maximum absolute atomic E-state index is 13.7. The highest BCUT2D eigenvalue weighted by Crippen LogP contribution is 2.31. The highest BCUT2D eigenvalue weighted by Gasteiger charge is 2.22. The molecule has 3 rings (SSSR count). The fourth-order valence-corrected chi connectivity index (χ4v) is 5.56. The van der Waals surface area contributed by atoms with E-state index in [2.05, 4.69) is 25.7 Å². The minimum absolute atomic E-state index is 0.0763. The van der Waals surface area contributed by atoms with E-state index in [1.807, 2.05) is 12.1 Å². The minimum atomic E-state index is -3.20. The third kappa shape index (κ3) is 9.50. The van der Waals surface area contributed by atoms with Crippen LogP contribution in [0.15, 0.2) is 46.9 Å². The van der Waals surface area contributed by atoms with Gasteiger partial charge in [0.1, 0.15) is 17.1 Å². The lowest BCUT2D eigenvalue weighted by Gasteiger charge is -2.21. The lowest BCUT2D eigenvalue weighted by molar-refractivity contribution is 0.103. The zero-order chi connectivity index (χ0) is 28.3. The van der Waals surface area contributed by atoms with Gasteiger partial charge >= 0.3 is 0 Å². The molecule has 0 amide bonds. The quantitative estimate of drug-likeness (QED) is 0.122. The second kappa shape index (κ2) is 15.2. The van der Waals surface area contributed by atoms with Crippen LogP contribution in [0.2, 0.25) is 0 Å². The molecule has 0 atom stereocenters. The van der Waals surface area contributed by atoms with Crippen molar-refractivity contribution in [2.24, 2.45) is 0 Å². The second-order valence-corrected chi connectivity index (χ2v) is 12.6. The molecule has 1 aromatic heterocycles. The molecule has 0 unspecified atom stereocenters. The highest BCUT2D eigenvalue weighted by molar-refractivity contribution is 7.89. The summed E-state index contributed by atoms with van der Waals surface area (Å²) in [4.78, 5) is 16.2. The normalized spacial score (nSPS) is 11.9. The largest absolute Gasteiger partial charge is 0.494 e. The Labute approximate surface area is 234 Å². The van der Waals surface area contributed by atoms with E-state index in [1.54, 1.807) is 30.3 Å². The van der Waals surface area contributed by atoms with Crippen LogP contribution < -0.4 is 4.74 Å². The molecule has 1 heterocycles. The SMILES string of the molecule is CCCCc1oc2ccc(CS(C)(=O)=O)cc2c1C(=O)c1ccc(OCCCN(CCCC)CCCC)cc1. The predicted octanol–water partition coefficient (Wildman–Crippen LogP) is 7.22. The summed E-state index contributed by atoms with van der Waals surface area (Å²) in [6.07, 6.45) is 9.58. The number of rotatable bonds is 18. The number of benzene rings is 2. The molecule has 6 nitrogen and oxygen atoms in total. The molecule has 0 aliphatic heterocycles. The molecule has 0 aliphatic carbocycles. The van der Waals surface area contributed by atoms with Gasteiger partial charge in [0.05, 0.1) is 17.9 Å². The number of unbranched alkanes of at least 4 members (excludes halogenated alkanes) is 3. The van der Waals surface area contributed by atoms with E-state index in [9.17, 15) is 13.2 Å². The van der Waals surface area contributed by atoms with E-state index in [-0.39, 0.29) is 11.5 Å². The molecule has 0 aliphatic rings. The number of hydrogen-bond acceptors (Lipinski definition) is 6. The van der Waals surface area contributed by atoms with Crippen LogP contribution >= 0.6 is 0 Å². The lowest BCUT2D eigenvalue weighted by atomic mass is 9.97. The van der Waals surface area contributed by atoms with E-state index in [0.29, 0.717) is 46.4 Å². The molecule has 0 radical (unpaired) electrons. The van der Waals surface area contributed by atoms with Crippen molar-refractivity contribution in [1.29, 1.82) is 0 Å². The topological polar surface area (TPSA) is 76.8 Å². The Morgan fingerprint density at radius 3 is 2.13 bits per heavy atom. The standard InChI is InChI=1S/C32H45NO5S/c1-5-8-12-30-31(28-23-25(24-39(4,35)36)13-18-29(28)38-30)32(34)26-14-16-27(17-15-26)37-22-11-21-33(19-9-6-2)20-10-7-3/h13-18,23H,5-12,19-22,24H2,1-4H3. The number of hydrogen-bond donors (Lipinski definition) is 0. The average Bonchev–Trinajstić information content (AvgIpc) is 3.27. The van der Waals surface area contributed by atoms with Crippen LogP contribution in [0.1, 0.15) is 93.0 Å². The summed E-state index contributed by atoms with van der Waals surface area (Å²) in [5, 5.41) is 0.670. The second-order valence-electron chi connectivity index (χ2n) is 10.5. The maximum atomic E-state index is 13.7. The van der Waals surface area contributed by atoms with E-state index >= 15 is 0 Å². The van der Waals surface area contributed by atoms with Crippen molar-refractivity contribution in [1.82, 2.24) is 4.90 Å². The van der Waals surface area contributed by atoms with Gasteiger partial charge in [-0.15, -0.1) is 0 Å². The average molecular weight is 556 g/mol. The summed E-state index contributed by atoms with van der Waals surface area (Å²) < 4.78 is 35.8. The number of ether oxygens (including phenoxy) is 1. The summed E-state index contributed by atoms with van der Waals surface area (Å²) in [6, 6.07) is 12.6. The Kier molecular flexibility index (Phi) is 12.1. The molecule has 0 bridgehead atoms. The molecule has 0 fully saturated rings. The van der Waals surface area contributed by atoms with Gasteiger partial charge in [-0.1, -0.05) is 46.1 Å². The van der Waals surface area contributed by atoms with Gasteiger partial charge in [-0.05, 0) is 80.7 Å². The molecule has 7 heteroatoms. The molecule has 0 spiro atoms. The molecule has 0 saturated carbocycles. The first-order chi connectivity index (χ1) is 18.8. The summed E-state index contributed by atoms with van der Waals surface area (Å²) >= 11 is 0. The Hall–Kier alpha value is -2.64. The molecule has 3 aromatic rings. The number of carbonyl (C=O) groups excluding carboxylic acids is 1. The van der Waals surface area contributed by atoms with Gasteiger partial charge in [0.25, 0.3) is 0 Å². The van der Waals surface area contributed by atoms with Crippen molar-refractivity contribution in [2.45, 2.75) is 77.9 Å². The molecule has 214 valence electrons. The van der Waals surface area contributed by atoms with E-state index in [0.717, 1.165) is 44.6 Å². The third-order valence-corrected chi connectivity index (χ3v) is 7.76. The van der Waals surface area contributed by atoms with Crippen molar-refractivity contribution in [2.75, 3.05) is 32.5 Å². The zero-order valence-corrected chi connectivity index (χ0v) is 24.9. The molecule has 39 heavy (non-hydrogen) atoms. The Morgan fingerprint density at radius 2 is 1.51 bits per heavy atom. The van der Waals surface area contributed by atoms with E-state index in [1.165, 1.54) is 31.9 Å². The summed E-state index contributed by atoms with van der Waals surface area (Å²) in [7, 11) is -3.20. The summed E-state index contributed by atoms with van der Waals surface area (Å²) in [5.74, 6) is 1.21. The van der Waals surface area contributed by atoms with Crippen LogP contribution in [-0.4, -0.2) is 51.6 Å². The number of sulfone groups is 1. The van der Waals surface area contributed by atoms with Crippen molar-refractivity contribution in [3.05, 3.63) is 64.9 Å². The maximum Gasteiger partial charge on any atom is 0.197 e. The molecule has 2 aromatic carbocycles. The van der Waals surface area contributed by atoms with Crippen LogP contribution in [0.25, 0.3) is 11.0 Å². The number of aryl methyl sites for hydroxylation is 1. The first kappa shape index (κ1) is 30.9. The first-order valence-electron chi connectivity index (χ1n) is 14.5. The Morgan fingerprint density at radius 1 is 0.872 bits per heavy atom. The van der Waals surface area contributed by atoms with Gasteiger partial charge < -0.3 is 14.1 Å².